The molecule has 2 fully saturated rings. The third-order valence-corrected chi connectivity index (χ3v) is 7.71. The number of allylic oxidation sites excluding steroid dienone is 5. The first kappa shape index (κ1) is 26.4. The summed E-state index contributed by atoms with van der Waals surface area (Å²) in [6.07, 6.45) is 15.2. The number of hydrogen-bond donors (Lipinski definition) is 1. The summed E-state index contributed by atoms with van der Waals surface area (Å²) in [4.78, 5) is 17.0. The van der Waals surface area contributed by atoms with Crippen molar-refractivity contribution < 1.29 is 23.4 Å². The first-order valence-corrected chi connectivity index (χ1v) is 14.4. The quantitative estimate of drug-likeness (QED) is 0.338. The van der Waals surface area contributed by atoms with Crippen LogP contribution in [0.4, 0.5) is 4.79 Å². The van der Waals surface area contributed by atoms with Gasteiger partial charge in [-0.15, -0.1) is 0 Å². The van der Waals surface area contributed by atoms with E-state index in [4.69, 9.17) is 23.6 Å². The van der Waals surface area contributed by atoms with Crippen molar-refractivity contribution in [3.8, 4) is 17.2 Å². The average molecular weight is 544 g/mol. The van der Waals surface area contributed by atoms with Gasteiger partial charge in [-0.3, -0.25) is 5.32 Å². The van der Waals surface area contributed by atoms with Crippen LogP contribution in [0.3, 0.4) is 0 Å². The van der Waals surface area contributed by atoms with E-state index < -0.39 is 6.09 Å². The molecule has 40 heavy (non-hydrogen) atoms. The van der Waals surface area contributed by atoms with Crippen molar-refractivity contribution in [3.05, 3.63) is 65.9 Å². The molecule has 3 aliphatic rings. The standard InChI is InChI=1S/C32H37N3O5/c1-20(2)39-32(36)34-23-7-4-6-22(10-11-23)30-29(31-33-21(3)19-38-31)27-13-12-26(40-25-14-16-37-17-15-25)18-28(27)35(30)24-8-5-9-24/h4,7,10-13,18-20,24-25H,5-6,8-9,14-17H2,1-3H3,(H,34,36). The van der Waals surface area contributed by atoms with Gasteiger partial charge in [-0.25, -0.2) is 9.78 Å². The molecule has 6 rings (SSSR count). The van der Waals surface area contributed by atoms with Crippen LogP contribution in [-0.4, -0.2) is 41.1 Å². The van der Waals surface area contributed by atoms with Crippen molar-refractivity contribution in [1.82, 2.24) is 14.9 Å². The van der Waals surface area contributed by atoms with E-state index in [1.54, 1.807) is 6.26 Å². The molecule has 3 aromatic rings. The largest absolute Gasteiger partial charge is 0.490 e. The normalized spacial score (nSPS) is 18.3. The lowest BCUT2D eigenvalue weighted by Crippen LogP contribution is -2.25. The molecule has 1 saturated carbocycles. The van der Waals surface area contributed by atoms with Crippen LogP contribution in [-0.2, 0) is 9.47 Å². The van der Waals surface area contributed by atoms with Crippen molar-refractivity contribution >= 4 is 22.6 Å². The highest BCUT2D eigenvalue weighted by molar-refractivity contribution is 6.01. The lowest BCUT2D eigenvalue weighted by atomic mass is 9.91. The highest BCUT2D eigenvalue weighted by Gasteiger charge is 2.31. The molecule has 1 N–H and O–H groups in total. The van der Waals surface area contributed by atoms with Crippen LogP contribution < -0.4 is 10.1 Å². The second-order valence-corrected chi connectivity index (χ2v) is 11.1. The first-order valence-electron chi connectivity index (χ1n) is 14.4. The maximum Gasteiger partial charge on any atom is 0.411 e. The van der Waals surface area contributed by atoms with Crippen LogP contribution in [0.2, 0.25) is 0 Å². The Morgan fingerprint density at radius 1 is 1.15 bits per heavy atom. The summed E-state index contributed by atoms with van der Waals surface area (Å²) in [5.41, 5.74) is 5.90. The van der Waals surface area contributed by atoms with Gasteiger partial charge in [0.05, 0.1) is 41.8 Å². The van der Waals surface area contributed by atoms with Crippen molar-refractivity contribution in [3.63, 3.8) is 0 Å². The van der Waals surface area contributed by atoms with Gasteiger partial charge in [-0.1, -0.05) is 12.2 Å². The molecule has 8 nitrogen and oxygen atoms in total. The predicted molar refractivity (Wildman–Crippen MR) is 154 cm³/mol. The van der Waals surface area contributed by atoms with E-state index in [0.29, 0.717) is 24.1 Å². The van der Waals surface area contributed by atoms with Crippen LogP contribution in [0, 0.1) is 6.92 Å². The van der Waals surface area contributed by atoms with Gasteiger partial charge in [0.2, 0.25) is 5.89 Å². The van der Waals surface area contributed by atoms with Gasteiger partial charge in [-0.2, -0.15) is 0 Å². The Hall–Kier alpha value is -3.78. The third kappa shape index (κ3) is 5.45. The zero-order valence-corrected chi connectivity index (χ0v) is 23.4. The third-order valence-electron chi connectivity index (χ3n) is 7.71. The number of carbonyl (C=O) groups excluding carboxylic acids is 1. The average Bonchev–Trinajstić information content (AvgIpc) is 3.37. The molecule has 0 unspecified atom stereocenters. The number of nitrogens with one attached hydrogen (secondary N) is 1. The summed E-state index contributed by atoms with van der Waals surface area (Å²) in [5, 5.41) is 3.95. The molecule has 0 spiro atoms. The zero-order chi connectivity index (χ0) is 27.6. The number of nitrogens with zero attached hydrogens (tertiary/aromatic N) is 2. The van der Waals surface area contributed by atoms with E-state index >= 15 is 0 Å². The number of benzene rings is 1. The summed E-state index contributed by atoms with van der Waals surface area (Å²) < 4.78 is 25.7. The molecule has 2 aromatic heterocycles. The molecule has 1 amide bonds. The Bertz CT molecular complexity index is 1480. The predicted octanol–water partition coefficient (Wildman–Crippen LogP) is 7.25. The summed E-state index contributed by atoms with van der Waals surface area (Å²) in [7, 11) is 0. The maximum absolute atomic E-state index is 12.2. The van der Waals surface area contributed by atoms with Crippen LogP contribution in [0.25, 0.3) is 27.9 Å². The van der Waals surface area contributed by atoms with Crippen LogP contribution in [0.15, 0.2) is 58.9 Å². The molecule has 0 radical (unpaired) electrons. The van der Waals surface area contributed by atoms with Gasteiger partial charge in [0, 0.05) is 36.0 Å². The lowest BCUT2D eigenvalue weighted by Gasteiger charge is -2.31. The lowest BCUT2D eigenvalue weighted by molar-refractivity contribution is 0.0256. The van der Waals surface area contributed by atoms with Crippen molar-refractivity contribution in [2.45, 2.75) is 77.5 Å². The molecule has 3 heterocycles. The fourth-order valence-corrected chi connectivity index (χ4v) is 5.62. The Morgan fingerprint density at radius 3 is 2.67 bits per heavy atom. The second kappa shape index (κ2) is 11.4. The number of aryl methyl sites for hydroxylation is 1. The van der Waals surface area contributed by atoms with E-state index in [-0.39, 0.29) is 12.2 Å². The number of fused-ring (bicyclic) bond motifs is 1. The second-order valence-electron chi connectivity index (χ2n) is 11.1. The van der Waals surface area contributed by atoms with Gasteiger partial charge < -0.3 is 23.2 Å². The number of ether oxygens (including phenoxy) is 3. The Labute approximate surface area is 234 Å². The molecule has 2 aliphatic carbocycles. The van der Waals surface area contributed by atoms with E-state index in [2.05, 4.69) is 40.2 Å². The molecular weight excluding hydrogens is 506 g/mol. The fraction of sp³-hybridized carbons (Fsp3) is 0.438. The molecule has 210 valence electrons. The monoisotopic (exact) mass is 543 g/mol. The number of oxazole rings is 1. The van der Waals surface area contributed by atoms with Gasteiger partial charge in [0.15, 0.2) is 0 Å². The van der Waals surface area contributed by atoms with Crippen LogP contribution >= 0.6 is 0 Å². The first-order chi connectivity index (χ1) is 19.5. The van der Waals surface area contributed by atoms with E-state index in [9.17, 15) is 4.79 Å². The zero-order valence-electron chi connectivity index (χ0n) is 23.4. The Morgan fingerprint density at radius 2 is 1.98 bits per heavy atom. The molecular formula is C32H37N3O5. The number of amides is 1. The number of carbonyl (C=O) groups is 1. The summed E-state index contributed by atoms with van der Waals surface area (Å²) in [6, 6.07) is 6.78. The fourth-order valence-electron chi connectivity index (χ4n) is 5.62. The maximum atomic E-state index is 12.2. The molecule has 1 aromatic carbocycles. The van der Waals surface area contributed by atoms with E-state index in [1.807, 2.05) is 32.9 Å². The van der Waals surface area contributed by atoms with E-state index in [1.165, 1.54) is 6.42 Å². The van der Waals surface area contributed by atoms with Gasteiger partial charge in [0.25, 0.3) is 0 Å². The molecule has 1 aliphatic heterocycles. The Balaban J connectivity index is 1.46. The van der Waals surface area contributed by atoms with Crippen molar-refractivity contribution in [1.29, 1.82) is 0 Å². The minimum absolute atomic E-state index is 0.166. The highest BCUT2D eigenvalue weighted by atomic mass is 16.6. The smallest absolute Gasteiger partial charge is 0.411 e. The highest BCUT2D eigenvalue weighted by Crippen LogP contribution is 2.46. The number of aromatic nitrogens is 2. The number of rotatable bonds is 7. The minimum Gasteiger partial charge on any atom is -0.490 e. The van der Waals surface area contributed by atoms with Gasteiger partial charge in [0.1, 0.15) is 18.1 Å². The summed E-state index contributed by atoms with van der Waals surface area (Å²) in [6.45, 7) is 7.09. The minimum atomic E-state index is -0.459. The number of hydrogen-bond acceptors (Lipinski definition) is 6. The number of alkyl carbamates (subject to hydrolysis) is 1. The van der Waals surface area contributed by atoms with Gasteiger partial charge in [-0.05, 0) is 76.3 Å². The van der Waals surface area contributed by atoms with Crippen molar-refractivity contribution in [2.75, 3.05) is 13.2 Å². The van der Waals surface area contributed by atoms with Crippen molar-refractivity contribution in [2.24, 2.45) is 0 Å². The Kier molecular flexibility index (Phi) is 7.52. The van der Waals surface area contributed by atoms with Crippen LogP contribution in [0.5, 0.6) is 5.75 Å². The SMILES string of the molecule is Cc1coc(-c2c(C3=CC=C(NC(=O)OC(C)C)C=CC3)n(C3CCC3)c3cc(OC4CCOCC4)ccc23)n1. The topological polar surface area (TPSA) is 87.8 Å². The molecule has 0 atom stereocenters. The van der Waals surface area contributed by atoms with Gasteiger partial charge >= 0.3 is 6.09 Å². The van der Waals surface area contributed by atoms with E-state index in [0.717, 1.165) is 78.1 Å². The summed E-state index contributed by atoms with van der Waals surface area (Å²) in [5.74, 6) is 1.49. The molecule has 1 saturated heterocycles. The molecule has 8 heteroatoms. The summed E-state index contributed by atoms with van der Waals surface area (Å²) >= 11 is 0. The molecule has 0 bridgehead atoms. The van der Waals surface area contributed by atoms with Crippen LogP contribution in [0.1, 0.15) is 69.8 Å².